The van der Waals surface area contributed by atoms with Crippen LogP contribution in [-0.2, 0) is 0 Å². The monoisotopic (exact) mass is 268 g/mol. The van der Waals surface area contributed by atoms with Crippen molar-refractivity contribution in [1.82, 2.24) is 0 Å². The SMILES string of the molecule is Cc1cc(C(=O)CNc2cccc(C#N)c2)ccc1F. The first-order valence-electron chi connectivity index (χ1n) is 6.13. The number of carbonyl (C=O) groups is 1. The number of nitriles is 1. The number of hydrogen-bond donors (Lipinski definition) is 1. The number of nitrogens with zero attached hydrogens (tertiary/aromatic N) is 1. The Balaban J connectivity index is 2.05. The highest BCUT2D eigenvalue weighted by molar-refractivity contribution is 5.99. The summed E-state index contributed by atoms with van der Waals surface area (Å²) in [7, 11) is 0. The maximum absolute atomic E-state index is 13.1. The third kappa shape index (κ3) is 3.21. The van der Waals surface area contributed by atoms with Crippen LogP contribution in [0, 0.1) is 24.1 Å². The van der Waals surface area contributed by atoms with Crippen molar-refractivity contribution in [2.24, 2.45) is 0 Å². The first kappa shape index (κ1) is 13.8. The van der Waals surface area contributed by atoms with Crippen molar-refractivity contribution in [2.45, 2.75) is 6.92 Å². The van der Waals surface area contributed by atoms with E-state index in [0.717, 1.165) is 0 Å². The Bertz CT molecular complexity index is 689. The molecule has 0 atom stereocenters. The normalized spacial score (nSPS) is 9.85. The van der Waals surface area contributed by atoms with Crippen molar-refractivity contribution in [2.75, 3.05) is 11.9 Å². The van der Waals surface area contributed by atoms with Crippen molar-refractivity contribution >= 4 is 11.5 Å². The molecule has 0 radical (unpaired) electrons. The van der Waals surface area contributed by atoms with Crippen LogP contribution < -0.4 is 5.32 Å². The third-order valence-electron chi connectivity index (χ3n) is 2.92. The van der Waals surface area contributed by atoms with Gasteiger partial charge < -0.3 is 5.32 Å². The van der Waals surface area contributed by atoms with Crippen LogP contribution in [0.15, 0.2) is 42.5 Å². The molecule has 2 rings (SSSR count). The molecule has 0 aromatic heterocycles. The number of hydrogen-bond acceptors (Lipinski definition) is 3. The molecule has 20 heavy (non-hydrogen) atoms. The number of benzene rings is 2. The highest BCUT2D eigenvalue weighted by atomic mass is 19.1. The average Bonchev–Trinajstić information content (AvgIpc) is 2.47. The highest BCUT2D eigenvalue weighted by Gasteiger charge is 2.08. The fourth-order valence-electron chi connectivity index (χ4n) is 1.80. The zero-order valence-corrected chi connectivity index (χ0v) is 11.0. The number of rotatable bonds is 4. The topological polar surface area (TPSA) is 52.9 Å². The molecule has 0 aliphatic rings. The van der Waals surface area contributed by atoms with Gasteiger partial charge in [0.15, 0.2) is 5.78 Å². The van der Waals surface area contributed by atoms with E-state index in [0.29, 0.717) is 22.4 Å². The second kappa shape index (κ2) is 5.98. The molecular weight excluding hydrogens is 255 g/mol. The summed E-state index contributed by atoms with van der Waals surface area (Å²) in [6.07, 6.45) is 0. The van der Waals surface area contributed by atoms with Crippen LogP contribution in [0.5, 0.6) is 0 Å². The van der Waals surface area contributed by atoms with Gasteiger partial charge in [-0.1, -0.05) is 6.07 Å². The largest absolute Gasteiger partial charge is 0.378 e. The van der Waals surface area contributed by atoms with E-state index in [2.05, 4.69) is 5.32 Å². The van der Waals surface area contributed by atoms with Gasteiger partial charge >= 0.3 is 0 Å². The molecule has 0 fully saturated rings. The van der Waals surface area contributed by atoms with Crippen LogP contribution in [0.1, 0.15) is 21.5 Å². The molecule has 100 valence electrons. The fraction of sp³-hybridized carbons (Fsp3) is 0.125. The number of anilines is 1. The molecule has 3 nitrogen and oxygen atoms in total. The van der Waals surface area contributed by atoms with E-state index < -0.39 is 0 Å². The van der Waals surface area contributed by atoms with Gasteiger partial charge in [0.1, 0.15) is 5.82 Å². The zero-order valence-electron chi connectivity index (χ0n) is 11.0. The number of ketones is 1. The van der Waals surface area contributed by atoms with Gasteiger partial charge in [0.05, 0.1) is 18.2 Å². The lowest BCUT2D eigenvalue weighted by Crippen LogP contribution is -2.14. The van der Waals surface area contributed by atoms with E-state index in [-0.39, 0.29) is 18.1 Å². The van der Waals surface area contributed by atoms with Crippen LogP contribution in [0.3, 0.4) is 0 Å². The number of carbonyl (C=O) groups excluding carboxylic acids is 1. The van der Waals surface area contributed by atoms with Gasteiger partial charge in [-0.2, -0.15) is 5.26 Å². The first-order chi connectivity index (χ1) is 9.60. The number of aryl methyl sites for hydroxylation is 1. The van der Waals surface area contributed by atoms with Crippen molar-refractivity contribution in [3.8, 4) is 6.07 Å². The molecule has 0 unspecified atom stereocenters. The smallest absolute Gasteiger partial charge is 0.181 e. The lowest BCUT2D eigenvalue weighted by molar-refractivity contribution is 0.101. The van der Waals surface area contributed by atoms with Crippen LogP contribution >= 0.6 is 0 Å². The van der Waals surface area contributed by atoms with Crippen LogP contribution in [0.25, 0.3) is 0 Å². The van der Waals surface area contributed by atoms with Gasteiger partial charge in [0.25, 0.3) is 0 Å². The summed E-state index contributed by atoms with van der Waals surface area (Å²) < 4.78 is 13.1. The molecule has 0 aliphatic carbocycles. The Kier molecular flexibility index (Phi) is 4.11. The molecule has 0 bridgehead atoms. The van der Waals surface area contributed by atoms with Crippen LogP contribution in [0.4, 0.5) is 10.1 Å². The zero-order chi connectivity index (χ0) is 14.5. The minimum Gasteiger partial charge on any atom is -0.378 e. The lowest BCUT2D eigenvalue weighted by Gasteiger charge is -2.07. The van der Waals surface area contributed by atoms with Gasteiger partial charge in [-0.15, -0.1) is 0 Å². The molecule has 0 amide bonds. The van der Waals surface area contributed by atoms with E-state index in [9.17, 15) is 9.18 Å². The Morgan fingerprint density at radius 1 is 1.30 bits per heavy atom. The predicted octanol–water partition coefficient (Wildman–Crippen LogP) is 3.30. The minimum atomic E-state index is -0.323. The van der Waals surface area contributed by atoms with Crippen molar-refractivity contribution in [3.05, 3.63) is 65.0 Å². The molecule has 1 N–H and O–H groups in total. The Morgan fingerprint density at radius 2 is 2.10 bits per heavy atom. The average molecular weight is 268 g/mol. The second-order valence-corrected chi connectivity index (χ2v) is 4.43. The maximum atomic E-state index is 13.1. The molecule has 2 aromatic carbocycles. The predicted molar refractivity (Wildman–Crippen MR) is 75.1 cm³/mol. The quantitative estimate of drug-likeness (QED) is 0.865. The molecular formula is C16H13FN2O. The van der Waals surface area contributed by atoms with E-state index in [4.69, 9.17) is 5.26 Å². The second-order valence-electron chi connectivity index (χ2n) is 4.43. The first-order valence-corrected chi connectivity index (χ1v) is 6.13. The molecule has 0 aliphatic heterocycles. The Morgan fingerprint density at radius 3 is 2.80 bits per heavy atom. The van der Waals surface area contributed by atoms with Gasteiger partial charge in [0.2, 0.25) is 0 Å². The number of halogens is 1. The maximum Gasteiger partial charge on any atom is 0.181 e. The van der Waals surface area contributed by atoms with Gasteiger partial charge in [-0.3, -0.25) is 4.79 Å². The van der Waals surface area contributed by atoms with Crippen molar-refractivity contribution < 1.29 is 9.18 Å². The van der Waals surface area contributed by atoms with E-state index in [1.807, 2.05) is 6.07 Å². The summed E-state index contributed by atoms with van der Waals surface area (Å²) in [5.74, 6) is -0.452. The highest BCUT2D eigenvalue weighted by Crippen LogP contribution is 2.12. The molecule has 0 saturated carbocycles. The summed E-state index contributed by atoms with van der Waals surface area (Å²) in [5, 5.41) is 11.8. The summed E-state index contributed by atoms with van der Waals surface area (Å²) in [4.78, 5) is 12.0. The molecule has 2 aromatic rings. The minimum absolute atomic E-state index is 0.0972. The third-order valence-corrected chi connectivity index (χ3v) is 2.92. The van der Waals surface area contributed by atoms with Crippen LogP contribution in [0.2, 0.25) is 0 Å². The number of Topliss-reactive ketones (excluding diaryl/α,β-unsaturated/α-hetero) is 1. The van der Waals surface area contributed by atoms with E-state index in [1.54, 1.807) is 31.2 Å². The summed E-state index contributed by atoms with van der Waals surface area (Å²) in [6, 6.07) is 13.2. The summed E-state index contributed by atoms with van der Waals surface area (Å²) >= 11 is 0. The fourth-order valence-corrected chi connectivity index (χ4v) is 1.80. The Labute approximate surface area is 116 Å². The summed E-state index contributed by atoms with van der Waals surface area (Å²) in [5.41, 5.74) is 2.14. The number of nitrogens with one attached hydrogen (secondary N) is 1. The lowest BCUT2D eigenvalue weighted by atomic mass is 10.1. The molecule has 0 spiro atoms. The standard InChI is InChI=1S/C16H13FN2O/c1-11-7-13(5-6-15(11)17)16(20)10-19-14-4-2-3-12(8-14)9-18/h2-8,19H,10H2,1H3. The molecule has 0 saturated heterocycles. The van der Waals surface area contributed by atoms with Crippen molar-refractivity contribution in [1.29, 1.82) is 5.26 Å². The summed E-state index contributed by atoms with van der Waals surface area (Å²) in [6.45, 7) is 1.72. The van der Waals surface area contributed by atoms with E-state index in [1.165, 1.54) is 18.2 Å². The Hall–Kier alpha value is -2.67. The van der Waals surface area contributed by atoms with Crippen molar-refractivity contribution in [3.63, 3.8) is 0 Å². The molecule has 4 heteroatoms. The molecule has 0 heterocycles. The van der Waals surface area contributed by atoms with Gasteiger partial charge in [0, 0.05) is 11.3 Å². The van der Waals surface area contributed by atoms with Crippen LogP contribution in [-0.4, -0.2) is 12.3 Å². The van der Waals surface area contributed by atoms with Gasteiger partial charge in [-0.25, -0.2) is 4.39 Å². The van der Waals surface area contributed by atoms with E-state index >= 15 is 0 Å². The van der Waals surface area contributed by atoms with Gasteiger partial charge in [-0.05, 0) is 48.9 Å².